The molecule has 0 aliphatic heterocycles. The number of esters is 1. The molecule has 0 N–H and O–H groups in total. The Bertz CT molecular complexity index is 600. The maximum Gasteiger partial charge on any atom is 0.302 e. The fourth-order valence-electron chi connectivity index (χ4n) is 8.56. The number of hydrogen-bond acceptors (Lipinski definition) is 3. The summed E-state index contributed by atoms with van der Waals surface area (Å²) in [5.41, 5.74) is 0.800. The van der Waals surface area contributed by atoms with E-state index in [0.717, 1.165) is 30.6 Å². The predicted octanol–water partition coefficient (Wildman–Crippen LogP) is 5.41. The fourth-order valence-corrected chi connectivity index (χ4v) is 8.56. The molecule has 0 spiro atoms. The van der Waals surface area contributed by atoms with E-state index in [1.165, 1.54) is 51.2 Å². The molecule has 0 bridgehead atoms. The van der Waals surface area contributed by atoms with Crippen LogP contribution in [0.1, 0.15) is 85.5 Å². The van der Waals surface area contributed by atoms with Gasteiger partial charge in [0.05, 0.1) is 0 Å². The van der Waals surface area contributed by atoms with E-state index in [2.05, 4.69) is 20.8 Å². The van der Waals surface area contributed by atoms with Crippen molar-refractivity contribution in [2.75, 3.05) is 0 Å². The van der Waals surface area contributed by atoms with Gasteiger partial charge in [-0.3, -0.25) is 4.79 Å². The average Bonchev–Trinajstić information content (AvgIpc) is 2.98. The van der Waals surface area contributed by atoms with Crippen LogP contribution < -0.4 is 0 Å². The zero-order valence-electron chi connectivity index (χ0n) is 17.7. The second kappa shape index (κ2) is 6.88. The first-order chi connectivity index (χ1) is 12.8. The summed E-state index contributed by atoms with van der Waals surface area (Å²) in [6, 6.07) is 0. The molecule has 0 amide bonds. The molecule has 27 heavy (non-hydrogen) atoms. The highest BCUT2D eigenvalue weighted by molar-refractivity contribution is 5.66. The minimum Gasteiger partial charge on any atom is -0.463 e. The highest BCUT2D eigenvalue weighted by Gasteiger charge is 2.60. The van der Waals surface area contributed by atoms with Crippen molar-refractivity contribution in [3.63, 3.8) is 0 Å². The summed E-state index contributed by atoms with van der Waals surface area (Å²) in [5.74, 6) is 3.89. The van der Waals surface area contributed by atoms with Crippen LogP contribution in [-0.4, -0.2) is 18.4 Å². The van der Waals surface area contributed by atoms with E-state index in [1.807, 2.05) is 0 Å². The molecule has 0 aromatic heterocycles. The van der Waals surface area contributed by atoms with Crippen molar-refractivity contribution in [3.8, 4) is 0 Å². The topological polar surface area (TPSA) is 43.4 Å². The van der Waals surface area contributed by atoms with Crippen LogP contribution in [0.15, 0.2) is 0 Å². The first kappa shape index (κ1) is 19.5. The Labute approximate surface area is 165 Å². The highest BCUT2D eigenvalue weighted by atomic mass is 16.5. The molecule has 0 saturated heterocycles. The van der Waals surface area contributed by atoms with E-state index in [0.29, 0.717) is 22.7 Å². The molecule has 4 aliphatic rings. The normalized spacial score (nSPS) is 50.1. The van der Waals surface area contributed by atoms with Gasteiger partial charge in [0.15, 0.2) is 0 Å². The van der Waals surface area contributed by atoms with Crippen LogP contribution in [-0.2, 0) is 14.3 Å². The standard InChI is InChI=1S/C24H38O3/c1-15(14-25)20-7-8-21-19-6-5-17-13-18(27-16(2)26)9-11-23(17,3)22(19)10-12-24(20,21)4/h14-15,17-22H,5-13H2,1-4H3/t15-,17-,18-,19+,20-,21+,22+,23+,24-/m1/s1. The fraction of sp³-hybridized carbons (Fsp3) is 0.917. The van der Waals surface area contributed by atoms with Gasteiger partial charge in [0.2, 0.25) is 0 Å². The molecule has 4 fully saturated rings. The van der Waals surface area contributed by atoms with Gasteiger partial charge in [-0.15, -0.1) is 0 Å². The van der Waals surface area contributed by atoms with Crippen LogP contribution in [0.25, 0.3) is 0 Å². The first-order valence-corrected chi connectivity index (χ1v) is 11.4. The van der Waals surface area contributed by atoms with Gasteiger partial charge in [0.25, 0.3) is 0 Å². The van der Waals surface area contributed by atoms with Gasteiger partial charge in [-0.05, 0) is 98.2 Å². The Hall–Kier alpha value is -0.860. The third-order valence-electron chi connectivity index (χ3n) is 9.87. The summed E-state index contributed by atoms with van der Waals surface area (Å²) >= 11 is 0. The number of fused-ring (bicyclic) bond motifs is 5. The summed E-state index contributed by atoms with van der Waals surface area (Å²) < 4.78 is 5.59. The lowest BCUT2D eigenvalue weighted by Gasteiger charge is -2.61. The smallest absolute Gasteiger partial charge is 0.302 e. The molecule has 3 nitrogen and oxygen atoms in total. The number of aldehydes is 1. The minimum atomic E-state index is -0.119. The van der Waals surface area contributed by atoms with E-state index in [9.17, 15) is 9.59 Å². The molecule has 0 radical (unpaired) electrons. The van der Waals surface area contributed by atoms with Crippen LogP contribution >= 0.6 is 0 Å². The van der Waals surface area contributed by atoms with Crippen LogP contribution in [0.2, 0.25) is 0 Å². The lowest BCUT2D eigenvalue weighted by Crippen LogP contribution is -2.54. The van der Waals surface area contributed by atoms with Gasteiger partial charge < -0.3 is 9.53 Å². The van der Waals surface area contributed by atoms with Gasteiger partial charge in [-0.25, -0.2) is 0 Å². The second-order valence-corrected chi connectivity index (χ2v) is 10.9. The molecule has 152 valence electrons. The van der Waals surface area contributed by atoms with Crippen LogP contribution in [0, 0.1) is 46.3 Å². The van der Waals surface area contributed by atoms with E-state index in [-0.39, 0.29) is 18.0 Å². The molecular formula is C24H38O3. The Balaban J connectivity index is 1.53. The monoisotopic (exact) mass is 374 g/mol. The van der Waals surface area contributed by atoms with E-state index >= 15 is 0 Å². The van der Waals surface area contributed by atoms with E-state index < -0.39 is 0 Å². The maximum atomic E-state index is 11.5. The maximum absolute atomic E-state index is 11.5. The lowest BCUT2D eigenvalue weighted by molar-refractivity contribution is -0.160. The zero-order valence-corrected chi connectivity index (χ0v) is 17.7. The largest absolute Gasteiger partial charge is 0.463 e. The number of hydrogen-bond donors (Lipinski definition) is 0. The summed E-state index contributed by atoms with van der Waals surface area (Å²) in [6.45, 7) is 8.76. The molecule has 3 heteroatoms. The van der Waals surface area contributed by atoms with Crippen molar-refractivity contribution in [2.24, 2.45) is 46.3 Å². The van der Waals surface area contributed by atoms with Crippen molar-refractivity contribution in [2.45, 2.75) is 91.6 Å². The molecule has 4 aliphatic carbocycles. The number of rotatable bonds is 3. The third kappa shape index (κ3) is 2.99. The van der Waals surface area contributed by atoms with Gasteiger partial charge >= 0.3 is 5.97 Å². The van der Waals surface area contributed by atoms with Crippen LogP contribution in [0.4, 0.5) is 0 Å². The summed E-state index contributed by atoms with van der Waals surface area (Å²) in [6.07, 6.45) is 12.6. The summed E-state index contributed by atoms with van der Waals surface area (Å²) in [4.78, 5) is 22.9. The summed E-state index contributed by atoms with van der Waals surface area (Å²) in [5, 5.41) is 0. The first-order valence-electron chi connectivity index (χ1n) is 11.4. The third-order valence-corrected chi connectivity index (χ3v) is 9.87. The van der Waals surface area contributed by atoms with Crippen molar-refractivity contribution >= 4 is 12.3 Å². The summed E-state index contributed by atoms with van der Waals surface area (Å²) in [7, 11) is 0. The quantitative estimate of drug-likeness (QED) is 0.490. The number of carbonyl (C=O) groups is 2. The molecule has 0 aromatic carbocycles. The molecule has 0 aromatic rings. The lowest BCUT2D eigenvalue weighted by atomic mass is 9.44. The van der Waals surface area contributed by atoms with Gasteiger partial charge in [0.1, 0.15) is 12.4 Å². The Morgan fingerprint density at radius 3 is 2.41 bits per heavy atom. The number of carbonyl (C=O) groups excluding carboxylic acids is 2. The Morgan fingerprint density at radius 1 is 1.00 bits per heavy atom. The van der Waals surface area contributed by atoms with Crippen molar-refractivity contribution in [3.05, 3.63) is 0 Å². The van der Waals surface area contributed by atoms with Crippen molar-refractivity contribution in [1.82, 2.24) is 0 Å². The Morgan fingerprint density at radius 2 is 1.70 bits per heavy atom. The van der Waals surface area contributed by atoms with E-state index in [1.54, 1.807) is 6.92 Å². The molecule has 4 rings (SSSR count). The highest BCUT2D eigenvalue weighted by Crippen LogP contribution is 2.68. The second-order valence-electron chi connectivity index (χ2n) is 10.9. The predicted molar refractivity (Wildman–Crippen MR) is 106 cm³/mol. The zero-order chi connectivity index (χ0) is 19.4. The molecule has 0 heterocycles. The van der Waals surface area contributed by atoms with Crippen molar-refractivity contribution in [1.29, 1.82) is 0 Å². The van der Waals surface area contributed by atoms with E-state index in [4.69, 9.17) is 4.74 Å². The Kier molecular flexibility index (Phi) is 4.96. The SMILES string of the molecule is CC(=O)O[C@@H]1CC[C@@]2(C)[C@H](CC[C@@H]3[C@@H]2CC[C@]2(C)[C@@H]([C@H](C)C=O)CC[C@@H]32)C1. The van der Waals surface area contributed by atoms with Gasteiger partial charge in [0, 0.05) is 12.8 Å². The minimum absolute atomic E-state index is 0.119. The van der Waals surface area contributed by atoms with Crippen LogP contribution in [0.3, 0.4) is 0 Å². The van der Waals surface area contributed by atoms with Gasteiger partial charge in [-0.1, -0.05) is 20.8 Å². The molecule has 9 atom stereocenters. The van der Waals surface area contributed by atoms with Crippen LogP contribution in [0.5, 0.6) is 0 Å². The molecular weight excluding hydrogens is 336 g/mol. The molecule has 4 saturated carbocycles. The number of ether oxygens (including phenoxy) is 1. The van der Waals surface area contributed by atoms with Gasteiger partial charge in [-0.2, -0.15) is 0 Å². The van der Waals surface area contributed by atoms with Crippen molar-refractivity contribution < 1.29 is 14.3 Å². The average molecular weight is 375 g/mol. The molecule has 0 unspecified atom stereocenters.